The minimum Gasteiger partial charge on any atom is -0.486 e. The van der Waals surface area contributed by atoms with Gasteiger partial charge in [0.2, 0.25) is 0 Å². The van der Waals surface area contributed by atoms with Gasteiger partial charge in [0.05, 0.1) is 4.88 Å². The molecule has 2 rings (SSSR count). The van der Waals surface area contributed by atoms with Gasteiger partial charge in [-0.15, -0.1) is 11.3 Å². The maximum Gasteiger partial charge on any atom is 0.161 e. The van der Waals surface area contributed by atoms with Crippen molar-refractivity contribution in [1.82, 2.24) is 4.98 Å². The molecule has 0 N–H and O–H groups in total. The number of rotatable bonds is 4. The molecule has 1 aromatic carbocycles. The summed E-state index contributed by atoms with van der Waals surface area (Å²) < 4.78 is 5.48. The van der Waals surface area contributed by atoms with Crippen molar-refractivity contribution in [3.63, 3.8) is 0 Å². The van der Waals surface area contributed by atoms with E-state index in [1.165, 1.54) is 17.5 Å². The molecule has 16 heavy (non-hydrogen) atoms. The fraction of sp³-hybridized carbons (Fsp3) is 0.0909. The third-order valence-corrected chi connectivity index (χ3v) is 3.01. The van der Waals surface area contributed by atoms with Crippen LogP contribution in [-0.2, 0) is 6.61 Å². The second-order valence-corrected chi connectivity index (χ2v) is 4.60. The second-order valence-electron chi connectivity index (χ2n) is 3.02. The average molecular weight is 254 g/mol. The Bertz CT molecular complexity index is 481. The van der Waals surface area contributed by atoms with Crippen LogP contribution in [0.4, 0.5) is 0 Å². The van der Waals surface area contributed by atoms with Gasteiger partial charge in [-0.3, -0.25) is 4.79 Å². The number of ether oxygens (including phenoxy) is 1. The number of thiazole rings is 1. The lowest BCUT2D eigenvalue weighted by Gasteiger charge is -2.03. The molecule has 0 aliphatic rings. The summed E-state index contributed by atoms with van der Waals surface area (Å²) in [5.41, 5.74) is 0. The maximum atomic E-state index is 10.4. The van der Waals surface area contributed by atoms with E-state index in [1.54, 1.807) is 24.3 Å². The first-order chi connectivity index (χ1) is 7.78. The Morgan fingerprint density at radius 3 is 2.75 bits per heavy atom. The first kappa shape index (κ1) is 11.1. The Balaban J connectivity index is 1.96. The van der Waals surface area contributed by atoms with Gasteiger partial charge in [-0.2, -0.15) is 0 Å². The molecule has 82 valence electrons. The van der Waals surface area contributed by atoms with Crippen LogP contribution in [0.2, 0.25) is 5.02 Å². The molecule has 1 heterocycles. The Kier molecular flexibility index (Phi) is 3.54. The molecule has 0 radical (unpaired) electrons. The van der Waals surface area contributed by atoms with Crippen molar-refractivity contribution in [2.75, 3.05) is 0 Å². The third kappa shape index (κ3) is 2.81. The quantitative estimate of drug-likeness (QED) is 0.786. The molecule has 0 aliphatic heterocycles. The van der Waals surface area contributed by atoms with E-state index in [0.717, 1.165) is 17.0 Å². The van der Waals surface area contributed by atoms with Crippen LogP contribution < -0.4 is 4.74 Å². The fourth-order valence-electron chi connectivity index (χ4n) is 1.12. The van der Waals surface area contributed by atoms with Crippen LogP contribution in [-0.4, -0.2) is 11.3 Å². The van der Waals surface area contributed by atoms with Gasteiger partial charge in [0, 0.05) is 11.2 Å². The van der Waals surface area contributed by atoms with Crippen molar-refractivity contribution in [3.8, 4) is 5.75 Å². The Morgan fingerprint density at radius 1 is 1.38 bits per heavy atom. The average Bonchev–Trinajstić information content (AvgIpc) is 2.76. The van der Waals surface area contributed by atoms with Crippen LogP contribution >= 0.6 is 22.9 Å². The number of carbonyl (C=O) groups excluding carboxylic acids is 1. The second kappa shape index (κ2) is 5.09. The van der Waals surface area contributed by atoms with Gasteiger partial charge in [-0.1, -0.05) is 11.6 Å². The van der Waals surface area contributed by atoms with Crippen molar-refractivity contribution < 1.29 is 9.53 Å². The Morgan fingerprint density at radius 2 is 2.12 bits per heavy atom. The largest absolute Gasteiger partial charge is 0.486 e. The molecular weight excluding hydrogens is 246 g/mol. The van der Waals surface area contributed by atoms with Gasteiger partial charge in [-0.05, 0) is 24.3 Å². The summed E-state index contributed by atoms with van der Waals surface area (Å²) >= 11 is 7.07. The molecule has 0 spiro atoms. The molecular formula is C11H8ClNO2S. The number of hydrogen-bond donors (Lipinski definition) is 0. The van der Waals surface area contributed by atoms with E-state index in [2.05, 4.69) is 4.98 Å². The highest BCUT2D eigenvalue weighted by atomic mass is 35.5. The summed E-state index contributed by atoms with van der Waals surface area (Å²) in [6.07, 6.45) is 2.32. The predicted octanol–water partition coefficient (Wildman–Crippen LogP) is 3.19. The molecule has 0 unspecified atom stereocenters. The summed E-state index contributed by atoms with van der Waals surface area (Å²) in [5.74, 6) is 0.729. The predicted molar refractivity (Wildman–Crippen MR) is 63.3 cm³/mol. The van der Waals surface area contributed by atoms with Crippen LogP contribution in [0.1, 0.15) is 14.7 Å². The third-order valence-electron chi connectivity index (χ3n) is 1.86. The lowest BCUT2D eigenvalue weighted by molar-refractivity contribution is 0.112. The van der Waals surface area contributed by atoms with E-state index in [1.807, 2.05) is 0 Å². The Labute approximate surface area is 102 Å². The molecule has 0 atom stereocenters. The maximum absolute atomic E-state index is 10.4. The van der Waals surface area contributed by atoms with Crippen molar-refractivity contribution in [1.29, 1.82) is 0 Å². The highest BCUT2D eigenvalue weighted by molar-refractivity contribution is 7.13. The van der Waals surface area contributed by atoms with Crippen molar-refractivity contribution in [2.24, 2.45) is 0 Å². The molecule has 0 saturated carbocycles. The minimum absolute atomic E-state index is 0.361. The summed E-state index contributed by atoms with van der Waals surface area (Å²) in [6, 6.07) is 7.10. The van der Waals surface area contributed by atoms with Gasteiger partial charge in [0.1, 0.15) is 17.4 Å². The molecule has 5 heteroatoms. The summed E-state index contributed by atoms with van der Waals surface area (Å²) in [7, 11) is 0. The van der Waals surface area contributed by atoms with E-state index < -0.39 is 0 Å². The smallest absolute Gasteiger partial charge is 0.161 e. The number of nitrogens with zero attached hydrogens (tertiary/aromatic N) is 1. The van der Waals surface area contributed by atoms with Crippen molar-refractivity contribution >= 4 is 29.2 Å². The molecule has 3 nitrogen and oxygen atoms in total. The molecule has 2 aromatic rings. The van der Waals surface area contributed by atoms with Crippen LogP contribution in [0.25, 0.3) is 0 Å². The number of hydrogen-bond acceptors (Lipinski definition) is 4. The molecule has 0 fully saturated rings. The topological polar surface area (TPSA) is 39.2 Å². The van der Waals surface area contributed by atoms with E-state index in [9.17, 15) is 4.79 Å². The first-order valence-corrected chi connectivity index (χ1v) is 5.75. The van der Waals surface area contributed by atoms with E-state index in [0.29, 0.717) is 16.5 Å². The summed E-state index contributed by atoms with van der Waals surface area (Å²) in [5, 5.41) is 1.45. The van der Waals surface area contributed by atoms with E-state index >= 15 is 0 Å². The Hall–Kier alpha value is -1.39. The van der Waals surface area contributed by atoms with Crippen LogP contribution in [0.15, 0.2) is 30.5 Å². The number of carbonyl (C=O) groups is 1. The van der Waals surface area contributed by atoms with Gasteiger partial charge in [0.25, 0.3) is 0 Å². The molecule has 1 aromatic heterocycles. The standard InChI is InChI=1S/C11H8ClNO2S/c12-8-1-3-9(4-2-8)15-7-11-13-5-10(6-14)16-11/h1-6H,7H2. The normalized spacial score (nSPS) is 10.1. The van der Waals surface area contributed by atoms with Crippen molar-refractivity contribution in [3.05, 3.63) is 45.4 Å². The lowest BCUT2D eigenvalue weighted by atomic mass is 10.3. The number of halogens is 1. The van der Waals surface area contributed by atoms with Crippen LogP contribution in [0.5, 0.6) is 5.75 Å². The first-order valence-electron chi connectivity index (χ1n) is 4.56. The van der Waals surface area contributed by atoms with E-state index in [4.69, 9.17) is 16.3 Å². The number of benzene rings is 1. The molecule has 0 bridgehead atoms. The number of aromatic nitrogens is 1. The highest BCUT2D eigenvalue weighted by Gasteiger charge is 2.01. The molecule has 0 aliphatic carbocycles. The van der Waals surface area contributed by atoms with Crippen LogP contribution in [0.3, 0.4) is 0 Å². The SMILES string of the molecule is O=Cc1cnc(COc2ccc(Cl)cc2)s1. The van der Waals surface area contributed by atoms with Crippen LogP contribution in [0, 0.1) is 0 Å². The monoisotopic (exact) mass is 253 g/mol. The fourth-order valence-corrected chi connectivity index (χ4v) is 1.90. The summed E-state index contributed by atoms with van der Waals surface area (Å²) in [6.45, 7) is 0.361. The van der Waals surface area contributed by atoms with Gasteiger partial charge in [0.15, 0.2) is 6.29 Å². The van der Waals surface area contributed by atoms with E-state index in [-0.39, 0.29) is 0 Å². The zero-order valence-corrected chi connectivity index (χ0v) is 9.79. The minimum atomic E-state index is 0.361. The number of aldehydes is 1. The van der Waals surface area contributed by atoms with Gasteiger partial charge in [-0.25, -0.2) is 4.98 Å². The zero-order chi connectivity index (χ0) is 11.4. The molecule has 0 amide bonds. The molecule has 0 saturated heterocycles. The lowest BCUT2D eigenvalue weighted by Crippen LogP contribution is -1.93. The summed E-state index contributed by atoms with van der Waals surface area (Å²) in [4.78, 5) is 15.1. The van der Waals surface area contributed by atoms with Gasteiger partial charge >= 0.3 is 0 Å². The zero-order valence-electron chi connectivity index (χ0n) is 8.22. The van der Waals surface area contributed by atoms with Gasteiger partial charge < -0.3 is 4.74 Å². The van der Waals surface area contributed by atoms with Crippen molar-refractivity contribution in [2.45, 2.75) is 6.61 Å². The highest BCUT2D eigenvalue weighted by Crippen LogP contribution is 2.18.